The number of aromatic amines is 1. The van der Waals surface area contributed by atoms with Gasteiger partial charge in [0.25, 0.3) is 0 Å². The van der Waals surface area contributed by atoms with E-state index in [1.165, 1.54) is 18.4 Å². The van der Waals surface area contributed by atoms with E-state index in [4.69, 9.17) is 0 Å². The first kappa shape index (κ1) is 11.5. The maximum atomic E-state index is 4.43. The number of nitrogens with one attached hydrogen (secondary N) is 2. The normalized spacial score (nSPS) is 21.8. The lowest BCUT2D eigenvalue weighted by Crippen LogP contribution is -2.45. The van der Waals surface area contributed by atoms with Crippen LogP contribution in [0.5, 0.6) is 0 Å². The highest BCUT2D eigenvalue weighted by molar-refractivity contribution is 5.90. The summed E-state index contributed by atoms with van der Waals surface area (Å²) in [6, 6.07) is 0.523. The summed E-state index contributed by atoms with van der Waals surface area (Å²) in [5, 5.41) is 4.76. The Morgan fingerprint density at radius 1 is 1.44 bits per heavy atom. The van der Waals surface area contributed by atoms with Gasteiger partial charge in [0.15, 0.2) is 0 Å². The van der Waals surface area contributed by atoms with Crippen LogP contribution in [0.3, 0.4) is 0 Å². The molecule has 2 aromatic rings. The largest absolute Gasteiger partial charge is 0.366 e. The maximum absolute atomic E-state index is 4.43. The molecule has 1 aliphatic carbocycles. The van der Waals surface area contributed by atoms with E-state index in [9.17, 15) is 0 Å². The van der Waals surface area contributed by atoms with Crippen molar-refractivity contribution in [2.24, 2.45) is 5.41 Å². The van der Waals surface area contributed by atoms with Crippen molar-refractivity contribution >= 4 is 16.9 Å². The minimum Gasteiger partial charge on any atom is -0.366 e. The van der Waals surface area contributed by atoms with Crippen molar-refractivity contribution < 1.29 is 0 Å². The van der Waals surface area contributed by atoms with Gasteiger partial charge < -0.3 is 10.3 Å². The van der Waals surface area contributed by atoms with E-state index in [0.29, 0.717) is 11.5 Å². The molecule has 0 bridgehead atoms. The van der Waals surface area contributed by atoms with Crippen molar-refractivity contribution in [3.8, 4) is 0 Å². The standard InChI is InChI=1S/C14H20N4/c1-4-9-7-15-12-11(9)13(17-8-16-12)18-10-5-6-14(10,2)3/h7-8,10H,4-6H2,1-3H3,(H2,15,16,17,18). The lowest BCUT2D eigenvalue weighted by molar-refractivity contribution is 0.160. The monoisotopic (exact) mass is 244 g/mol. The van der Waals surface area contributed by atoms with E-state index in [0.717, 1.165) is 23.3 Å². The molecule has 0 saturated heterocycles. The molecule has 1 saturated carbocycles. The summed E-state index contributed by atoms with van der Waals surface area (Å²) in [5.41, 5.74) is 2.59. The lowest BCUT2D eigenvalue weighted by Gasteiger charge is -2.45. The van der Waals surface area contributed by atoms with Crippen molar-refractivity contribution in [3.05, 3.63) is 18.1 Å². The minimum atomic E-state index is 0.375. The molecule has 0 aliphatic heterocycles. The van der Waals surface area contributed by atoms with E-state index >= 15 is 0 Å². The molecule has 96 valence electrons. The molecule has 1 aliphatic rings. The van der Waals surface area contributed by atoms with Gasteiger partial charge in [-0.3, -0.25) is 0 Å². The number of rotatable bonds is 3. The average Bonchev–Trinajstić information content (AvgIpc) is 2.78. The summed E-state index contributed by atoms with van der Waals surface area (Å²) in [7, 11) is 0. The highest BCUT2D eigenvalue weighted by Crippen LogP contribution is 2.42. The first-order valence-corrected chi connectivity index (χ1v) is 6.69. The molecule has 18 heavy (non-hydrogen) atoms. The summed E-state index contributed by atoms with van der Waals surface area (Å²) in [6.45, 7) is 6.78. The van der Waals surface area contributed by atoms with Gasteiger partial charge in [-0.05, 0) is 30.2 Å². The maximum Gasteiger partial charge on any atom is 0.143 e. The molecule has 2 aromatic heterocycles. The summed E-state index contributed by atoms with van der Waals surface area (Å²) in [4.78, 5) is 11.9. The number of hydrogen-bond acceptors (Lipinski definition) is 3. The first-order chi connectivity index (χ1) is 8.62. The van der Waals surface area contributed by atoms with E-state index < -0.39 is 0 Å². The van der Waals surface area contributed by atoms with Gasteiger partial charge in [-0.25, -0.2) is 9.97 Å². The van der Waals surface area contributed by atoms with Crippen molar-refractivity contribution in [2.75, 3.05) is 5.32 Å². The van der Waals surface area contributed by atoms with Crippen LogP contribution in [0.2, 0.25) is 0 Å². The van der Waals surface area contributed by atoms with Crippen molar-refractivity contribution in [1.82, 2.24) is 15.0 Å². The molecule has 3 rings (SSSR count). The summed E-state index contributed by atoms with van der Waals surface area (Å²) >= 11 is 0. The molecule has 0 radical (unpaired) electrons. The Balaban J connectivity index is 1.98. The number of H-pyrrole nitrogens is 1. The van der Waals surface area contributed by atoms with Gasteiger partial charge in [0.1, 0.15) is 17.8 Å². The van der Waals surface area contributed by atoms with E-state index in [1.807, 2.05) is 6.20 Å². The van der Waals surface area contributed by atoms with Crippen LogP contribution >= 0.6 is 0 Å². The van der Waals surface area contributed by atoms with Gasteiger partial charge in [0.05, 0.1) is 5.39 Å². The molecule has 1 atom stereocenters. The minimum absolute atomic E-state index is 0.375. The molecular formula is C14H20N4. The number of anilines is 1. The van der Waals surface area contributed by atoms with Crippen molar-refractivity contribution in [2.45, 2.75) is 46.1 Å². The molecule has 2 heterocycles. The van der Waals surface area contributed by atoms with Crippen LogP contribution in [0.1, 0.15) is 39.2 Å². The zero-order valence-corrected chi connectivity index (χ0v) is 11.2. The zero-order chi connectivity index (χ0) is 12.8. The van der Waals surface area contributed by atoms with Crippen molar-refractivity contribution in [3.63, 3.8) is 0 Å². The second-order valence-corrected chi connectivity index (χ2v) is 5.84. The fraction of sp³-hybridized carbons (Fsp3) is 0.571. The second-order valence-electron chi connectivity index (χ2n) is 5.84. The zero-order valence-electron chi connectivity index (χ0n) is 11.2. The molecular weight excluding hydrogens is 224 g/mol. The fourth-order valence-electron chi connectivity index (χ4n) is 2.71. The van der Waals surface area contributed by atoms with Gasteiger partial charge in [-0.1, -0.05) is 20.8 Å². The van der Waals surface area contributed by atoms with Crippen LogP contribution < -0.4 is 5.32 Å². The van der Waals surface area contributed by atoms with Crippen LogP contribution in [0.4, 0.5) is 5.82 Å². The summed E-state index contributed by atoms with van der Waals surface area (Å²) in [6.07, 6.45) is 7.18. The number of aryl methyl sites for hydroxylation is 1. The molecule has 0 amide bonds. The first-order valence-electron chi connectivity index (χ1n) is 6.69. The third-order valence-electron chi connectivity index (χ3n) is 4.26. The highest BCUT2D eigenvalue weighted by Gasteiger charge is 2.38. The third kappa shape index (κ3) is 1.67. The quantitative estimate of drug-likeness (QED) is 0.872. The second kappa shape index (κ2) is 3.97. The van der Waals surface area contributed by atoms with Gasteiger partial charge in [0, 0.05) is 12.2 Å². The van der Waals surface area contributed by atoms with Crippen LogP contribution in [0, 0.1) is 5.41 Å². The number of nitrogens with zero attached hydrogens (tertiary/aromatic N) is 2. The van der Waals surface area contributed by atoms with Crippen LogP contribution in [0.25, 0.3) is 11.0 Å². The Morgan fingerprint density at radius 2 is 2.28 bits per heavy atom. The SMILES string of the molecule is CCc1c[nH]c2ncnc(NC3CCC3(C)C)c12. The average molecular weight is 244 g/mol. The molecule has 0 aromatic carbocycles. The predicted molar refractivity (Wildman–Crippen MR) is 73.7 cm³/mol. The van der Waals surface area contributed by atoms with Crippen molar-refractivity contribution in [1.29, 1.82) is 0 Å². The smallest absolute Gasteiger partial charge is 0.143 e. The topological polar surface area (TPSA) is 53.6 Å². The Bertz CT molecular complexity index is 570. The van der Waals surface area contributed by atoms with Gasteiger partial charge >= 0.3 is 0 Å². The lowest BCUT2D eigenvalue weighted by atomic mass is 9.67. The third-order valence-corrected chi connectivity index (χ3v) is 4.26. The van der Waals surface area contributed by atoms with Crippen LogP contribution in [-0.4, -0.2) is 21.0 Å². The van der Waals surface area contributed by atoms with E-state index in [-0.39, 0.29) is 0 Å². The number of fused-ring (bicyclic) bond motifs is 1. The van der Waals surface area contributed by atoms with Gasteiger partial charge in [0.2, 0.25) is 0 Å². The van der Waals surface area contributed by atoms with Crippen LogP contribution in [-0.2, 0) is 6.42 Å². The Labute approximate surface area is 107 Å². The van der Waals surface area contributed by atoms with E-state index in [2.05, 4.69) is 41.0 Å². The predicted octanol–water partition coefficient (Wildman–Crippen LogP) is 3.12. The molecule has 0 spiro atoms. The summed E-state index contributed by atoms with van der Waals surface area (Å²) < 4.78 is 0. The molecule has 1 unspecified atom stereocenters. The van der Waals surface area contributed by atoms with E-state index in [1.54, 1.807) is 6.33 Å². The molecule has 4 heteroatoms. The Hall–Kier alpha value is -1.58. The Kier molecular flexibility index (Phi) is 2.54. The highest BCUT2D eigenvalue weighted by atomic mass is 15.1. The van der Waals surface area contributed by atoms with Gasteiger partial charge in [-0.2, -0.15) is 0 Å². The Morgan fingerprint density at radius 3 is 2.89 bits per heavy atom. The molecule has 1 fully saturated rings. The summed E-state index contributed by atoms with van der Waals surface area (Å²) in [5.74, 6) is 0.982. The number of hydrogen-bond donors (Lipinski definition) is 2. The molecule has 2 N–H and O–H groups in total. The van der Waals surface area contributed by atoms with Crippen LogP contribution in [0.15, 0.2) is 12.5 Å². The fourth-order valence-corrected chi connectivity index (χ4v) is 2.71. The number of aromatic nitrogens is 3. The van der Waals surface area contributed by atoms with Gasteiger partial charge in [-0.15, -0.1) is 0 Å². The molecule has 4 nitrogen and oxygen atoms in total.